The molecule has 5 heterocycles. The van der Waals surface area contributed by atoms with Gasteiger partial charge in [0.05, 0.1) is 0 Å². The van der Waals surface area contributed by atoms with E-state index in [1.165, 1.54) is 134 Å². The van der Waals surface area contributed by atoms with Gasteiger partial charge >= 0.3 is 81.2 Å². The number of amides is 11. The van der Waals surface area contributed by atoms with Crippen LogP contribution < -0.4 is 55.5 Å². The van der Waals surface area contributed by atoms with Crippen molar-refractivity contribution in [2.24, 2.45) is 0 Å². The van der Waals surface area contributed by atoms with Crippen molar-refractivity contribution in [2.75, 3.05) is 158 Å². The Morgan fingerprint density at radius 2 is 0.550 bits per heavy atom. The van der Waals surface area contributed by atoms with Gasteiger partial charge in [-0.25, -0.2) is 47.6 Å². The Balaban J connectivity index is 0.000000121. The molecule has 5 saturated heterocycles. The summed E-state index contributed by atoms with van der Waals surface area (Å²) in [6.45, 7) is 17.5. The number of fused-ring (bicyclic) bond motifs is 10. The molecule has 10 aliphatic carbocycles. The lowest BCUT2D eigenvalue weighted by Gasteiger charge is -2.41. The molecule has 6 aromatic rings. The third-order valence-electron chi connectivity index (χ3n) is 30.4. The molecule has 15 aliphatic rings. The highest BCUT2D eigenvalue weighted by Crippen LogP contribution is 2.45. The summed E-state index contributed by atoms with van der Waals surface area (Å²) >= 11 is 0. The van der Waals surface area contributed by atoms with Crippen LogP contribution in [0.4, 0.5) is 52.4 Å². The van der Waals surface area contributed by atoms with Gasteiger partial charge in [-0.3, -0.25) is 9.69 Å². The van der Waals surface area contributed by atoms with Gasteiger partial charge in [-0.15, -0.1) is 0 Å². The summed E-state index contributed by atoms with van der Waals surface area (Å²) in [6, 6.07) is 17.8. The minimum Gasteiger partial charge on any atom is -0.340 e. The fourth-order valence-electron chi connectivity index (χ4n) is 23.9. The highest BCUT2D eigenvalue weighted by Gasteiger charge is 2.41. The van der Waals surface area contributed by atoms with Crippen molar-refractivity contribution < 1.29 is 70.9 Å². The number of benzene rings is 6. The lowest BCUT2D eigenvalue weighted by atomic mass is 9.99. The first kappa shape index (κ1) is 102. The molecular formula is C99H138N20O16S5. The number of hydrogen-bond donors (Lipinski definition) is 11. The van der Waals surface area contributed by atoms with E-state index in [9.17, 15) is 70.9 Å². The Kier molecular flexibility index (Phi) is 32.1. The topological polar surface area (TPSA) is 435 Å². The molecule has 0 aromatic heterocycles. The molecule has 2 atom stereocenters. The third-order valence-corrected chi connectivity index (χ3v) is 38.1. The van der Waals surface area contributed by atoms with E-state index >= 15 is 0 Å². The number of nitrogens with zero attached hydrogens (tertiary/aromatic N) is 9. The summed E-state index contributed by atoms with van der Waals surface area (Å²) in [6.07, 6.45) is 30.5. The van der Waals surface area contributed by atoms with Crippen molar-refractivity contribution in [3.05, 3.63) is 177 Å². The van der Waals surface area contributed by atoms with Gasteiger partial charge in [0, 0.05) is 172 Å². The predicted molar refractivity (Wildman–Crippen MR) is 541 cm³/mol. The average molecular weight is 2020 g/mol. The van der Waals surface area contributed by atoms with Gasteiger partial charge in [0.1, 0.15) is 0 Å². The van der Waals surface area contributed by atoms with Crippen LogP contribution in [-0.4, -0.2) is 263 Å². The maximum absolute atomic E-state index is 12.9. The van der Waals surface area contributed by atoms with Gasteiger partial charge in [0.2, 0.25) is 5.91 Å². The molecule has 0 spiro atoms. The predicted octanol–water partition coefficient (Wildman–Crippen LogP) is 8.70. The largest absolute Gasteiger partial charge is 0.340 e. The van der Waals surface area contributed by atoms with E-state index in [0.29, 0.717) is 105 Å². The second-order valence-electron chi connectivity index (χ2n) is 39.8. The van der Waals surface area contributed by atoms with Gasteiger partial charge < -0.3 is 46.6 Å². The van der Waals surface area contributed by atoms with Crippen molar-refractivity contribution in [1.29, 1.82) is 0 Å². The Morgan fingerprint density at radius 1 is 0.314 bits per heavy atom. The van der Waals surface area contributed by atoms with E-state index in [-0.39, 0.29) is 31.1 Å². The summed E-state index contributed by atoms with van der Waals surface area (Å²) in [4.78, 5) is 82.5. The van der Waals surface area contributed by atoms with Crippen LogP contribution in [0, 0.1) is 0 Å². The van der Waals surface area contributed by atoms with Crippen LogP contribution in [-0.2, 0) is 191 Å². The van der Waals surface area contributed by atoms with Gasteiger partial charge in [0.25, 0.3) is 0 Å². The molecule has 0 saturated carbocycles. The van der Waals surface area contributed by atoms with Crippen LogP contribution in [0.15, 0.2) is 60.7 Å². The van der Waals surface area contributed by atoms with Crippen molar-refractivity contribution in [2.45, 2.75) is 239 Å². The number of hydrogen-bond acceptors (Lipinski definition) is 20. The second kappa shape index (κ2) is 44.0. The van der Waals surface area contributed by atoms with E-state index in [2.05, 4.69) is 120 Å². The van der Waals surface area contributed by atoms with Crippen LogP contribution in [0.2, 0.25) is 0 Å². The molecule has 21 rings (SSSR count). The van der Waals surface area contributed by atoms with E-state index in [0.717, 1.165) is 245 Å². The number of anilines is 5. The molecule has 36 nitrogen and oxygen atoms in total. The fraction of sp³-hybridized carbons (Fsp3) is 0.576. The molecule has 5 aliphatic heterocycles. The van der Waals surface area contributed by atoms with Crippen LogP contribution in [0.1, 0.15) is 209 Å². The minimum atomic E-state index is -3.95. The average Bonchev–Trinajstić information content (AvgIpc) is 1.69. The fourth-order valence-corrected chi connectivity index (χ4v) is 29.6. The first-order valence-corrected chi connectivity index (χ1v) is 57.8. The smallest absolute Gasteiger partial charge is 0.333 e. The quantitative estimate of drug-likeness (QED) is 0.0383. The molecule has 0 bridgehead atoms. The van der Waals surface area contributed by atoms with E-state index in [4.69, 9.17) is 0 Å². The monoisotopic (exact) mass is 2020 g/mol. The maximum Gasteiger partial charge on any atom is 0.333 e. The summed E-state index contributed by atoms with van der Waals surface area (Å²) in [7, 11) is -17.4. The van der Waals surface area contributed by atoms with E-state index < -0.39 is 81.2 Å². The zero-order valence-corrected chi connectivity index (χ0v) is 85.5. The zero-order valence-electron chi connectivity index (χ0n) is 81.4. The van der Waals surface area contributed by atoms with Crippen LogP contribution in [0.25, 0.3) is 0 Å². The maximum atomic E-state index is 12.9. The van der Waals surface area contributed by atoms with Crippen LogP contribution >= 0.6 is 0 Å². The van der Waals surface area contributed by atoms with Crippen LogP contribution in [0.5, 0.6) is 0 Å². The summed E-state index contributed by atoms with van der Waals surface area (Å²) in [5.74, 6) is -0.0745. The standard InChI is InChI=1S/C24H30N4O3S.C20H30N4O3S.C19H26N4O4S.C19H28N4O3S.C17H24N4O3S/c29-24(25-23-21-10-4-8-19(21)16-20-9-5-11-22(20)23)26-32(30,31)28-14-12-27(13-15-28)17-18-6-2-1-3-7-18;1-13-11-23(3)12-14(2)24(13)28(26,27)22-20(25)21-19-17-8-4-6-15(17)10-16-7-5-9-18(16)19;1-13(24)22-8-10-23(11-9-22)28(26,27)21-19(25)20-18-16-6-2-4-14(16)12-15-5-3-7-17(15)18;1-2-22-9-11-23(12-10-22)27(25,26)21-19(24)20-18-16-7-3-5-14(16)13-15-6-4-8-17(15)18;22-17(20-25(23,24)21-9-7-18-8-10-21)19-16-14-5-1-3-12(14)11-13-4-2-6-15(13)16/h1-3,6-7,16H,4-5,8-15,17H2,(H2,25,26,29);10,13-14H,4-9,11-12H2,1-3H3,(H2,21,22,25);12H,2-11H2,1H3,(H2,20,21,25);13H,2-12H2,1H3,(H2,20,21,24);11,18H,1-10H2,(H2,19,20,22). The Hall–Kier alpha value is -9.47. The number of carbonyl (C=O) groups excluding carboxylic acids is 6. The van der Waals surface area contributed by atoms with Gasteiger partial charge in [0.15, 0.2) is 0 Å². The molecule has 5 fully saturated rings. The molecular weight excluding hydrogens is 1890 g/mol. The number of piperazine rings is 5. The highest BCUT2D eigenvalue weighted by molar-refractivity contribution is 7.88. The summed E-state index contributed by atoms with van der Waals surface area (Å²) in [5, 5.41) is 17.5. The van der Waals surface area contributed by atoms with Crippen molar-refractivity contribution in [3.8, 4) is 0 Å². The molecule has 6 aromatic carbocycles. The summed E-state index contributed by atoms with van der Waals surface area (Å²) in [5.41, 5.74) is 30.3. The number of likely N-dealkylation sites (N-methyl/N-ethyl adjacent to an activating group) is 2. The Labute approximate surface area is 825 Å². The van der Waals surface area contributed by atoms with Crippen molar-refractivity contribution in [1.82, 2.24) is 70.1 Å². The number of carbonyl (C=O) groups is 6. The SMILES string of the molecule is CC(=O)N1CCN(S(=O)(=O)NC(=O)Nc2c3c(cc4c2CCC4)CCC3)CC1.CC1CN(C)CC(C)N1S(=O)(=O)NC(=O)Nc1c2c(cc3c1CCC3)CCC2.CCN1CCN(S(=O)(=O)NC(=O)Nc2c3c(cc4c2CCC4)CCC3)CC1.O=C(Nc1c2c(cc3c1CCC3)CCC2)NS(=O)(=O)N1CCN(Cc2ccccc2)CC1.O=C(Nc1c2c(cc3c1CCC3)CCC2)NS(=O)(=O)N1CCNCC1. The number of rotatable bonds is 18. The first-order valence-electron chi connectivity index (χ1n) is 50.6. The first-order chi connectivity index (χ1) is 67.1. The van der Waals surface area contributed by atoms with E-state index in [1.54, 1.807) is 4.90 Å². The highest BCUT2D eigenvalue weighted by atomic mass is 32.2. The number of urea groups is 5. The lowest BCUT2D eigenvalue weighted by molar-refractivity contribution is -0.130. The van der Waals surface area contributed by atoms with Gasteiger partial charge in [-0.05, 0) is 337 Å². The molecule has 41 heteroatoms. The Bertz CT molecular complexity index is 6150. The van der Waals surface area contributed by atoms with Crippen molar-refractivity contribution >= 4 is 116 Å². The van der Waals surface area contributed by atoms with Gasteiger partial charge in [-0.2, -0.15) is 63.6 Å². The number of nitrogens with one attached hydrogen (secondary N) is 11. The minimum absolute atomic E-state index is 0.0745. The molecule has 11 amide bonds. The normalized spacial score (nSPS) is 20.8. The van der Waals surface area contributed by atoms with Gasteiger partial charge in [-0.1, -0.05) is 67.6 Å². The molecule has 11 N–H and O–H groups in total. The van der Waals surface area contributed by atoms with Crippen molar-refractivity contribution in [3.63, 3.8) is 0 Å². The molecule has 140 heavy (non-hydrogen) atoms. The molecule has 2 unspecified atom stereocenters. The Morgan fingerprint density at radius 3 is 0.800 bits per heavy atom. The summed E-state index contributed by atoms with van der Waals surface area (Å²) < 4.78 is 144. The third kappa shape index (κ3) is 23.6. The molecule has 0 radical (unpaired) electrons. The van der Waals surface area contributed by atoms with Crippen LogP contribution in [0.3, 0.4) is 0 Å². The second-order valence-corrected chi connectivity index (χ2v) is 48.0. The number of aryl methyl sites for hydroxylation is 10. The van der Waals surface area contributed by atoms with E-state index in [1.807, 2.05) is 39.1 Å². The zero-order chi connectivity index (χ0) is 98.5. The molecule has 760 valence electrons. The lowest BCUT2D eigenvalue weighted by Crippen LogP contribution is -2.60.